The third-order valence-corrected chi connectivity index (χ3v) is 4.58. The van der Waals surface area contributed by atoms with Crippen LogP contribution in [0.15, 0.2) is 0 Å². The zero-order valence-corrected chi connectivity index (χ0v) is 11.6. The summed E-state index contributed by atoms with van der Waals surface area (Å²) in [5.41, 5.74) is 0. The van der Waals surface area contributed by atoms with Gasteiger partial charge >= 0.3 is 0 Å². The van der Waals surface area contributed by atoms with E-state index in [1.54, 1.807) is 0 Å². The van der Waals surface area contributed by atoms with Crippen LogP contribution in [0, 0.1) is 5.92 Å². The highest BCUT2D eigenvalue weighted by Crippen LogP contribution is 2.24. The summed E-state index contributed by atoms with van der Waals surface area (Å²) in [5.74, 6) is 0.829. The molecule has 4 atom stereocenters. The number of nitrogens with one attached hydrogen (secondary N) is 1. The van der Waals surface area contributed by atoms with Gasteiger partial charge in [-0.3, -0.25) is 0 Å². The fraction of sp³-hybridized carbons (Fsp3) is 1.00. The van der Waals surface area contributed by atoms with E-state index in [-0.39, 0.29) is 0 Å². The molecule has 17 heavy (non-hydrogen) atoms. The van der Waals surface area contributed by atoms with Gasteiger partial charge in [0.15, 0.2) is 0 Å². The third kappa shape index (κ3) is 3.67. The first kappa shape index (κ1) is 13.3. The van der Waals surface area contributed by atoms with Crippen molar-refractivity contribution in [3.05, 3.63) is 0 Å². The van der Waals surface area contributed by atoms with Gasteiger partial charge in [-0.05, 0) is 58.5 Å². The van der Waals surface area contributed by atoms with Gasteiger partial charge in [0.05, 0.1) is 6.10 Å². The average molecular weight is 240 g/mol. The molecule has 0 aromatic heterocycles. The van der Waals surface area contributed by atoms with Crippen molar-refractivity contribution in [1.29, 1.82) is 0 Å². The van der Waals surface area contributed by atoms with Gasteiger partial charge in [-0.2, -0.15) is 0 Å². The van der Waals surface area contributed by atoms with Crippen molar-refractivity contribution in [2.75, 3.05) is 27.2 Å². The molecule has 1 aliphatic carbocycles. The fourth-order valence-electron chi connectivity index (χ4n) is 3.43. The van der Waals surface area contributed by atoms with Crippen molar-refractivity contribution in [2.45, 2.75) is 57.2 Å². The number of ether oxygens (including phenoxy) is 1. The van der Waals surface area contributed by atoms with Crippen molar-refractivity contribution in [3.63, 3.8) is 0 Å². The minimum absolute atomic E-state index is 0.494. The van der Waals surface area contributed by atoms with E-state index in [2.05, 4.69) is 24.2 Å². The molecule has 3 nitrogen and oxygen atoms in total. The van der Waals surface area contributed by atoms with E-state index in [1.807, 2.05) is 7.11 Å². The number of methoxy groups -OCH3 is 1. The standard InChI is InChI=1S/C14H28N2O/c1-11(12-5-4-8-16(2)10-12)15-13-6-7-14(9-13)17-3/h11-15H,4-10H2,1-3H3. The lowest BCUT2D eigenvalue weighted by Crippen LogP contribution is -2.46. The van der Waals surface area contributed by atoms with Crippen LogP contribution in [-0.4, -0.2) is 50.3 Å². The Morgan fingerprint density at radius 2 is 2.12 bits per heavy atom. The summed E-state index contributed by atoms with van der Waals surface area (Å²) in [6.45, 7) is 4.90. The van der Waals surface area contributed by atoms with Crippen LogP contribution >= 0.6 is 0 Å². The first-order chi connectivity index (χ1) is 8.19. The van der Waals surface area contributed by atoms with E-state index >= 15 is 0 Å². The van der Waals surface area contributed by atoms with E-state index in [0.717, 1.165) is 5.92 Å². The molecule has 1 N–H and O–H groups in total. The molecular formula is C14H28N2O. The van der Waals surface area contributed by atoms with Crippen molar-refractivity contribution in [3.8, 4) is 0 Å². The molecule has 1 saturated heterocycles. The third-order valence-electron chi connectivity index (χ3n) is 4.58. The normalized spacial score (nSPS) is 37.2. The van der Waals surface area contributed by atoms with E-state index in [0.29, 0.717) is 18.2 Å². The van der Waals surface area contributed by atoms with E-state index in [9.17, 15) is 0 Å². The van der Waals surface area contributed by atoms with E-state index in [1.165, 1.54) is 45.2 Å². The summed E-state index contributed by atoms with van der Waals surface area (Å²) in [6, 6.07) is 1.33. The predicted octanol–water partition coefficient (Wildman–Crippen LogP) is 1.87. The molecule has 0 spiro atoms. The molecule has 0 aromatic carbocycles. The lowest BCUT2D eigenvalue weighted by molar-refractivity contribution is 0.105. The van der Waals surface area contributed by atoms with Gasteiger partial charge in [0.25, 0.3) is 0 Å². The van der Waals surface area contributed by atoms with Gasteiger partial charge in [-0.1, -0.05) is 0 Å². The molecule has 2 rings (SSSR count). The molecule has 1 saturated carbocycles. The number of nitrogens with zero attached hydrogens (tertiary/aromatic N) is 1. The van der Waals surface area contributed by atoms with Gasteiger partial charge in [-0.25, -0.2) is 0 Å². The SMILES string of the molecule is COC1CCC(NC(C)C2CCCN(C)C2)C1. The number of hydrogen-bond donors (Lipinski definition) is 1. The first-order valence-electron chi connectivity index (χ1n) is 7.16. The van der Waals surface area contributed by atoms with Gasteiger partial charge in [-0.15, -0.1) is 0 Å². The van der Waals surface area contributed by atoms with Crippen LogP contribution in [0.1, 0.15) is 39.0 Å². The molecule has 1 heterocycles. The van der Waals surface area contributed by atoms with Crippen molar-refractivity contribution in [2.24, 2.45) is 5.92 Å². The first-order valence-corrected chi connectivity index (χ1v) is 7.16. The molecule has 2 aliphatic rings. The monoisotopic (exact) mass is 240 g/mol. The summed E-state index contributed by atoms with van der Waals surface area (Å²) in [6.07, 6.45) is 6.95. The maximum atomic E-state index is 5.44. The molecule has 0 amide bonds. The Kier molecular flexibility index (Phi) is 4.83. The number of hydrogen-bond acceptors (Lipinski definition) is 3. The molecule has 1 aliphatic heterocycles. The van der Waals surface area contributed by atoms with Crippen molar-refractivity contribution >= 4 is 0 Å². The van der Waals surface area contributed by atoms with Crippen LogP contribution in [0.25, 0.3) is 0 Å². The minimum Gasteiger partial charge on any atom is -0.381 e. The lowest BCUT2D eigenvalue weighted by Gasteiger charge is -2.35. The number of rotatable bonds is 4. The van der Waals surface area contributed by atoms with Crippen LogP contribution in [0.2, 0.25) is 0 Å². The molecule has 100 valence electrons. The summed E-state index contributed by atoms with van der Waals surface area (Å²) in [4.78, 5) is 2.47. The van der Waals surface area contributed by atoms with Gasteiger partial charge < -0.3 is 15.0 Å². The van der Waals surface area contributed by atoms with Crippen molar-refractivity contribution < 1.29 is 4.74 Å². The molecule has 0 aromatic rings. The Hall–Kier alpha value is -0.120. The summed E-state index contributed by atoms with van der Waals surface area (Å²) in [7, 11) is 4.09. The maximum Gasteiger partial charge on any atom is 0.0586 e. The smallest absolute Gasteiger partial charge is 0.0586 e. The second-order valence-electron chi connectivity index (χ2n) is 5.99. The molecule has 4 unspecified atom stereocenters. The lowest BCUT2D eigenvalue weighted by atomic mass is 9.91. The Labute approximate surface area is 106 Å². The average Bonchev–Trinajstić information content (AvgIpc) is 2.77. The Bertz CT molecular complexity index is 234. The zero-order valence-electron chi connectivity index (χ0n) is 11.6. The second kappa shape index (κ2) is 6.17. The highest BCUT2D eigenvalue weighted by atomic mass is 16.5. The van der Waals surface area contributed by atoms with Crippen LogP contribution in [0.4, 0.5) is 0 Å². The minimum atomic E-state index is 0.494. The van der Waals surface area contributed by atoms with Crippen molar-refractivity contribution in [1.82, 2.24) is 10.2 Å². The van der Waals surface area contributed by atoms with Gasteiger partial charge in [0.1, 0.15) is 0 Å². The van der Waals surface area contributed by atoms with E-state index in [4.69, 9.17) is 4.74 Å². The quantitative estimate of drug-likeness (QED) is 0.812. The zero-order chi connectivity index (χ0) is 12.3. The topological polar surface area (TPSA) is 24.5 Å². The molecule has 2 fully saturated rings. The van der Waals surface area contributed by atoms with Crippen LogP contribution in [0.3, 0.4) is 0 Å². The largest absolute Gasteiger partial charge is 0.381 e. The van der Waals surface area contributed by atoms with Crippen LogP contribution in [-0.2, 0) is 4.74 Å². The highest BCUT2D eigenvalue weighted by molar-refractivity contribution is 4.86. The highest BCUT2D eigenvalue weighted by Gasteiger charge is 2.28. The molecule has 0 bridgehead atoms. The number of likely N-dealkylation sites (tertiary alicyclic amines) is 1. The summed E-state index contributed by atoms with van der Waals surface area (Å²) in [5, 5.41) is 3.83. The van der Waals surface area contributed by atoms with Gasteiger partial charge in [0.2, 0.25) is 0 Å². The summed E-state index contributed by atoms with van der Waals surface area (Å²) >= 11 is 0. The van der Waals surface area contributed by atoms with E-state index < -0.39 is 0 Å². The number of piperidine rings is 1. The second-order valence-corrected chi connectivity index (χ2v) is 5.99. The molecule has 3 heteroatoms. The predicted molar refractivity (Wildman–Crippen MR) is 71.3 cm³/mol. The van der Waals surface area contributed by atoms with Crippen LogP contribution in [0.5, 0.6) is 0 Å². The molecular weight excluding hydrogens is 212 g/mol. The fourth-order valence-corrected chi connectivity index (χ4v) is 3.43. The Balaban J connectivity index is 1.74. The maximum absolute atomic E-state index is 5.44. The van der Waals surface area contributed by atoms with Crippen LogP contribution < -0.4 is 5.32 Å². The van der Waals surface area contributed by atoms with Gasteiger partial charge in [0, 0.05) is 25.7 Å². The molecule has 0 radical (unpaired) electrons. The summed E-state index contributed by atoms with van der Waals surface area (Å²) < 4.78 is 5.44. The Morgan fingerprint density at radius 3 is 2.76 bits per heavy atom. The Morgan fingerprint density at radius 1 is 1.29 bits per heavy atom.